The van der Waals surface area contributed by atoms with E-state index in [9.17, 15) is 19.1 Å². The lowest BCUT2D eigenvalue weighted by Crippen LogP contribution is -2.25. The van der Waals surface area contributed by atoms with Crippen LogP contribution in [0, 0.1) is 5.82 Å². The third-order valence-corrected chi connectivity index (χ3v) is 3.76. The van der Waals surface area contributed by atoms with Crippen molar-refractivity contribution in [3.05, 3.63) is 82.9 Å². The van der Waals surface area contributed by atoms with E-state index >= 15 is 0 Å². The van der Waals surface area contributed by atoms with Gasteiger partial charge in [0.25, 0.3) is 5.91 Å². The third-order valence-electron chi connectivity index (χ3n) is 3.76. The van der Waals surface area contributed by atoms with Crippen LogP contribution in [0.3, 0.4) is 0 Å². The number of aliphatic hydroxyl groups is 1. The zero-order chi connectivity index (χ0) is 19.1. The molecule has 0 spiro atoms. The number of carbonyl (C=O) groups is 2. The Balaban J connectivity index is 2.04. The molecule has 2 aromatic carbocycles. The van der Waals surface area contributed by atoms with Crippen LogP contribution in [-0.4, -0.2) is 36.0 Å². The van der Waals surface area contributed by atoms with Crippen LogP contribution in [0.5, 0.6) is 0 Å². The number of likely N-dealkylation sites (N-methyl/N-ethyl adjacent to an activating group) is 1. The van der Waals surface area contributed by atoms with E-state index in [1.165, 1.54) is 17.0 Å². The minimum atomic E-state index is -0.965. The normalized spacial score (nSPS) is 11.1. The van der Waals surface area contributed by atoms with Gasteiger partial charge >= 0.3 is 5.97 Å². The maximum Gasteiger partial charge on any atom is 0.373 e. The van der Waals surface area contributed by atoms with E-state index in [-0.39, 0.29) is 5.82 Å². The molecule has 0 aliphatic heterocycles. The molecule has 5 nitrogen and oxygen atoms in total. The van der Waals surface area contributed by atoms with E-state index in [2.05, 4.69) is 4.74 Å². The van der Waals surface area contributed by atoms with Gasteiger partial charge in [0, 0.05) is 13.6 Å². The largest absolute Gasteiger partial charge is 0.502 e. The van der Waals surface area contributed by atoms with Gasteiger partial charge in [-0.2, -0.15) is 0 Å². The number of hydrogen-bond acceptors (Lipinski definition) is 4. The van der Waals surface area contributed by atoms with Crippen molar-refractivity contribution in [3.63, 3.8) is 0 Å². The van der Waals surface area contributed by atoms with Crippen LogP contribution in [-0.2, 0) is 27.3 Å². The summed E-state index contributed by atoms with van der Waals surface area (Å²) in [4.78, 5) is 24.5. The number of ether oxygens (including phenoxy) is 1. The molecule has 0 saturated heterocycles. The van der Waals surface area contributed by atoms with E-state index < -0.39 is 17.6 Å². The van der Waals surface area contributed by atoms with E-state index in [1.54, 1.807) is 19.2 Å². The Kier molecular flexibility index (Phi) is 6.49. The Morgan fingerprint density at radius 2 is 1.77 bits per heavy atom. The van der Waals surface area contributed by atoms with Crippen molar-refractivity contribution in [2.24, 2.45) is 0 Å². The second-order valence-corrected chi connectivity index (χ2v) is 5.84. The number of carbonyl (C=O) groups excluding carboxylic acids is 2. The maximum atomic E-state index is 13.0. The second kappa shape index (κ2) is 8.80. The number of amides is 1. The number of esters is 1. The van der Waals surface area contributed by atoms with Crippen molar-refractivity contribution in [2.45, 2.75) is 13.0 Å². The molecular formula is C20H20FNO4. The van der Waals surface area contributed by atoms with Crippen molar-refractivity contribution in [2.75, 3.05) is 14.2 Å². The van der Waals surface area contributed by atoms with Crippen LogP contribution in [0.25, 0.3) is 0 Å². The van der Waals surface area contributed by atoms with Gasteiger partial charge in [-0.05, 0) is 35.2 Å². The maximum absolute atomic E-state index is 13.0. The molecule has 0 fully saturated rings. The van der Waals surface area contributed by atoms with E-state index in [4.69, 9.17) is 0 Å². The summed E-state index contributed by atoms with van der Waals surface area (Å²) < 4.78 is 17.3. The molecule has 0 radical (unpaired) electrons. The SMILES string of the molecule is COC(=O)C(O)=CC(=O)N(C)Cc1cccc(Cc2ccc(F)cc2)c1. The fourth-order valence-corrected chi connectivity index (χ4v) is 2.42. The van der Waals surface area contributed by atoms with E-state index in [1.807, 2.05) is 24.3 Å². The van der Waals surface area contributed by atoms with Crippen LogP contribution in [0.2, 0.25) is 0 Å². The summed E-state index contributed by atoms with van der Waals surface area (Å²) in [5, 5.41) is 9.44. The van der Waals surface area contributed by atoms with Gasteiger partial charge in [-0.3, -0.25) is 4.79 Å². The van der Waals surface area contributed by atoms with Gasteiger partial charge in [-0.1, -0.05) is 36.4 Å². The van der Waals surface area contributed by atoms with Gasteiger partial charge in [0.15, 0.2) is 0 Å². The lowest BCUT2D eigenvalue weighted by Gasteiger charge is -2.16. The Labute approximate surface area is 151 Å². The Morgan fingerprint density at radius 1 is 1.12 bits per heavy atom. The molecule has 2 aromatic rings. The molecule has 2 rings (SSSR count). The van der Waals surface area contributed by atoms with Crippen molar-refractivity contribution in [3.8, 4) is 0 Å². The molecule has 0 heterocycles. The topological polar surface area (TPSA) is 66.8 Å². The number of benzene rings is 2. The number of nitrogens with zero attached hydrogens (tertiary/aromatic N) is 1. The molecular weight excluding hydrogens is 337 g/mol. The zero-order valence-corrected chi connectivity index (χ0v) is 14.6. The average molecular weight is 357 g/mol. The first-order chi connectivity index (χ1) is 12.4. The summed E-state index contributed by atoms with van der Waals surface area (Å²) in [6.07, 6.45) is 1.48. The van der Waals surface area contributed by atoms with Crippen molar-refractivity contribution < 1.29 is 23.8 Å². The molecule has 0 bridgehead atoms. The molecule has 0 aliphatic rings. The molecule has 136 valence electrons. The van der Waals surface area contributed by atoms with Gasteiger partial charge in [-0.15, -0.1) is 0 Å². The van der Waals surface area contributed by atoms with Crippen LogP contribution in [0.4, 0.5) is 4.39 Å². The van der Waals surface area contributed by atoms with Crippen LogP contribution in [0.1, 0.15) is 16.7 Å². The van der Waals surface area contributed by atoms with Crippen molar-refractivity contribution >= 4 is 11.9 Å². The highest BCUT2D eigenvalue weighted by Crippen LogP contribution is 2.14. The van der Waals surface area contributed by atoms with Gasteiger partial charge in [0.1, 0.15) is 5.82 Å². The highest BCUT2D eigenvalue weighted by molar-refractivity contribution is 5.96. The van der Waals surface area contributed by atoms with Crippen LogP contribution >= 0.6 is 0 Å². The van der Waals surface area contributed by atoms with Gasteiger partial charge in [0.2, 0.25) is 5.76 Å². The first-order valence-electron chi connectivity index (χ1n) is 7.95. The summed E-state index contributed by atoms with van der Waals surface area (Å²) in [6.45, 7) is 0.307. The van der Waals surface area contributed by atoms with E-state index in [0.29, 0.717) is 13.0 Å². The fourth-order valence-electron chi connectivity index (χ4n) is 2.42. The number of hydrogen-bond donors (Lipinski definition) is 1. The summed E-state index contributed by atoms with van der Waals surface area (Å²) >= 11 is 0. The first kappa shape index (κ1) is 19.2. The summed E-state index contributed by atoms with van der Waals surface area (Å²) in [5.41, 5.74) is 2.91. The Hall–Kier alpha value is -3.15. The molecule has 6 heteroatoms. The van der Waals surface area contributed by atoms with Crippen LogP contribution in [0.15, 0.2) is 60.4 Å². The molecule has 0 aliphatic carbocycles. The number of halogens is 1. The molecule has 0 saturated carbocycles. The van der Waals surface area contributed by atoms with Crippen LogP contribution < -0.4 is 0 Å². The lowest BCUT2D eigenvalue weighted by atomic mass is 10.0. The monoisotopic (exact) mass is 357 g/mol. The quantitative estimate of drug-likeness (QED) is 0.490. The first-order valence-corrected chi connectivity index (χ1v) is 7.95. The van der Waals surface area contributed by atoms with E-state index in [0.717, 1.165) is 29.9 Å². The smallest absolute Gasteiger partial charge is 0.373 e. The predicted molar refractivity (Wildman–Crippen MR) is 94.8 cm³/mol. The summed E-state index contributed by atoms with van der Waals surface area (Å²) in [5.74, 6) is -2.50. The average Bonchev–Trinajstić information content (AvgIpc) is 2.63. The molecule has 0 aromatic heterocycles. The highest BCUT2D eigenvalue weighted by Gasteiger charge is 2.13. The molecule has 1 N–H and O–H groups in total. The number of aliphatic hydroxyl groups excluding tert-OH is 1. The van der Waals surface area contributed by atoms with Gasteiger partial charge in [-0.25, -0.2) is 9.18 Å². The minimum absolute atomic E-state index is 0.272. The van der Waals surface area contributed by atoms with Gasteiger partial charge in [0.05, 0.1) is 13.2 Å². The molecule has 1 amide bonds. The summed E-state index contributed by atoms with van der Waals surface area (Å²) in [6, 6.07) is 14.0. The van der Waals surface area contributed by atoms with Gasteiger partial charge < -0.3 is 14.7 Å². The fraction of sp³-hybridized carbons (Fsp3) is 0.200. The summed E-state index contributed by atoms with van der Waals surface area (Å²) in [7, 11) is 2.68. The number of methoxy groups -OCH3 is 1. The number of rotatable bonds is 6. The predicted octanol–water partition coefficient (Wildman–Crippen LogP) is 2.99. The molecule has 0 unspecified atom stereocenters. The van der Waals surface area contributed by atoms with Crippen molar-refractivity contribution in [1.82, 2.24) is 4.90 Å². The highest BCUT2D eigenvalue weighted by atomic mass is 19.1. The Bertz CT molecular complexity index is 815. The standard InChI is InChI=1S/C20H20FNO4/c1-22(19(24)12-18(23)20(25)26-2)13-16-5-3-4-15(11-16)10-14-6-8-17(21)9-7-14/h3-9,11-12,23H,10,13H2,1-2H3. The second-order valence-electron chi connectivity index (χ2n) is 5.84. The van der Waals surface area contributed by atoms with Crippen molar-refractivity contribution in [1.29, 1.82) is 0 Å². The zero-order valence-electron chi connectivity index (χ0n) is 14.6. The third kappa shape index (κ3) is 5.44. The minimum Gasteiger partial charge on any atom is -0.502 e. The molecule has 26 heavy (non-hydrogen) atoms. The Morgan fingerprint density at radius 3 is 2.42 bits per heavy atom. The molecule has 0 atom stereocenters. The lowest BCUT2D eigenvalue weighted by molar-refractivity contribution is -0.139.